The highest BCUT2D eigenvalue weighted by atomic mass is 79.9. The van der Waals surface area contributed by atoms with Crippen LogP contribution >= 0.6 is 15.9 Å². The summed E-state index contributed by atoms with van der Waals surface area (Å²) in [5.41, 5.74) is 6.13. The minimum Gasteiger partial charge on any atom is -0.465 e. The average Bonchev–Trinajstić information content (AvgIpc) is 2.82. The Morgan fingerprint density at radius 3 is 1.53 bits per heavy atom. The molecule has 0 aliphatic rings. The van der Waals surface area contributed by atoms with Gasteiger partial charge in [-0.25, -0.2) is 9.59 Å². The van der Waals surface area contributed by atoms with Gasteiger partial charge in [0.15, 0.2) is 0 Å². The van der Waals surface area contributed by atoms with Crippen LogP contribution in [0.15, 0.2) is 72.8 Å². The number of hydrogen-bond donors (Lipinski definition) is 0. The average molecular weight is 465 g/mol. The molecule has 0 amide bonds. The topological polar surface area (TPSA) is 52.6 Å². The minimum absolute atomic E-state index is 0.366. The second-order valence-corrected chi connectivity index (χ2v) is 7.13. The maximum absolute atomic E-state index is 11.8. The molecule has 3 aromatic carbocycles. The van der Waals surface area contributed by atoms with Crippen LogP contribution in [0.2, 0.25) is 0 Å². The summed E-state index contributed by atoms with van der Waals surface area (Å²) in [6, 6.07) is 22.8. The predicted octanol–water partition coefficient (Wildman–Crippen LogP) is 5.74. The molecule has 0 spiro atoms. The lowest BCUT2D eigenvalue weighted by Gasteiger charge is -2.11. The molecule has 0 radical (unpaired) electrons. The Bertz CT molecular complexity index is 1050. The van der Waals surface area contributed by atoms with Gasteiger partial charge in [-0.1, -0.05) is 64.5 Å². The van der Waals surface area contributed by atoms with Gasteiger partial charge in [-0.15, -0.1) is 0 Å². The molecule has 3 aromatic rings. The van der Waals surface area contributed by atoms with E-state index in [9.17, 15) is 9.59 Å². The van der Waals surface area contributed by atoms with Gasteiger partial charge in [-0.3, -0.25) is 0 Å². The zero-order valence-electron chi connectivity index (χ0n) is 16.7. The number of hydrogen-bond acceptors (Lipinski definition) is 4. The molecule has 4 nitrogen and oxygen atoms in total. The van der Waals surface area contributed by atoms with Gasteiger partial charge in [0.1, 0.15) is 0 Å². The summed E-state index contributed by atoms with van der Waals surface area (Å²) >= 11 is 3.47. The molecule has 5 heteroatoms. The number of esters is 2. The first-order chi connectivity index (χ1) is 14.5. The SMILES string of the molecule is COC(=O)c1ccc(/C=C(/c2ccc(CBr)cc2)c2ccc(C(=O)OC)cc2)cc1. The van der Waals surface area contributed by atoms with Crippen LogP contribution in [0.25, 0.3) is 11.6 Å². The standard InChI is InChI=1S/C25H21BrO4/c1-29-24(27)21-9-3-17(4-10-21)15-23(19-7-5-18(16-26)6-8-19)20-11-13-22(14-12-20)25(28)30-2/h3-15H,16H2,1-2H3/b23-15-. The van der Waals surface area contributed by atoms with Crippen molar-refractivity contribution in [3.63, 3.8) is 0 Å². The number of halogens is 1. The Labute approximate surface area is 184 Å². The molecule has 0 saturated carbocycles. The number of alkyl halides is 1. The molecule has 0 N–H and O–H groups in total. The molecule has 0 aromatic heterocycles. The van der Waals surface area contributed by atoms with Gasteiger partial charge >= 0.3 is 11.9 Å². The second-order valence-electron chi connectivity index (χ2n) is 6.57. The van der Waals surface area contributed by atoms with E-state index < -0.39 is 0 Å². The molecule has 3 rings (SSSR count). The monoisotopic (exact) mass is 464 g/mol. The lowest BCUT2D eigenvalue weighted by molar-refractivity contribution is 0.0592. The van der Waals surface area contributed by atoms with E-state index >= 15 is 0 Å². The quantitative estimate of drug-likeness (QED) is 0.265. The second kappa shape index (κ2) is 10.0. The molecular weight excluding hydrogens is 444 g/mol. The van der Waals surface area contributed by atoms with Gasteiger partial charge in [0.25, 0.3) is 0 Å². The van der Waals surface area contributed by atoms with Gasteiger partial charge in [-0.2, -0.15) is 0 Å². The van der Waals surface area contributed by atoms with Crippen LogP contribution in [0.4, 0.5) is 0 Å². The van der Waals surface area contributed by atoms with Gasteiger partial charge in [0.05, 0.1) is 25.3 Å². The van der Waals surface area contributed by atoms with E-state index in [0.717, 1.165) is 27.6 Å². The largest absolute Gasteiger partial charge is 0.465 e. The number of rotatable bonds is 6. The summed E-state index contributed by atoms with van der Waals surface area (Å²) in [4.78, 5) is 23.4. The molecule has 0 fully saturated rings. The van der Waals surface area contributed by atoms with Crippen molar-refractivity contribution in [1.82, 2.24) is 0 Å². The summed E-state index contributed by atoms with van der Waals surface area (Å²) in [5.74, 6) is -0.735. The van der Waals surface area contributed by atoms with E-state index in [0.29, 0.717) is 11.1 Å². The van der Waals surface area contributed by atoms with E-state index in [1.807, 2.05) is 24.3 Å². The van der Waals surface area contributed by atoms with Crippen molar-refractivity contribution in [3.05, 3.63) is 106 Å². The molecule has 0 saturated heterocycles. The normalized spacial score (nSPS) is 11.1. The fraction of sp³-hybridized carbons (Fsp3) is 0.120. The van der Waals surface area contributed by atoms with E-state index in [2.05, 4.69) is 46.3 Å². The third kappa shape index (κ3) is 5.05. The highest BCUT2D eigenvalue weighted by Crippen LogP contribution is 2.27. The molecule has 0 aliphatic carbocycles. The Balaban J connectivity index is 2.03. The Kier molecular flexibility index (Phi) is 7.20. The molecule has 0 atom stereocenters. The molecule has 30 heavy (non-hydrogen) atoms. The van der Waals surface area contributed by atoms with Crippen LogP contribution in [0.3, 0.4) is 0 Å². The van der Waals surface area contributed by atoms with Gasteiger partial charge in [0.2, 0.25) is 0 Å². The zero-order valence-corrected chi connectivity index (χ0v) is 18.3. The Morgan fingerprint density at radius 1 is 0.700 bits per heavy atom. The van der Waals surface area contributed by atoms with Gasteiger partial charge in [0, 0.05) is 5.33 Å². The summed E-state index contributed by atoms with van der Waals surface area (Å²) in [7, 11) is 2.73. The smallest absolute Gasteiger partial charge is 0.337 e. The first-order valence-corrected chi connectivity index (χ1v) is 10.4. The predicted molar refractivity (Wildman–Crippen MR) is 122 cm³/mol. The molecule has 0 unspecified atom stereocenters. The van der Waals surface area contributed by atoms with Crippen molar-refractivity contribution >= 4 is 39.5 Å². The van der Waals surface area contributed by atoms with Crippen molar-refractivity contribution in [1.29, 1.82) is 0 Å². The van der Waals surface area contributed by atoms with Crippen LogP contribution in [-0.2, 0) is 14.8 Å². The maximum Gasteiger partial charge on any atom is 0.337 e. The van der Waals surface area contributed by atoms with E-state index in [1.165, 1.54) is 19.8 Å². The van der Waals surface area contributed by atoms with Crippen LogP contribution in [0.5, 0.6) is 0 Å². The lowest BCUT2D eigenvalue weighted by atomic mass is 9.94. The van der Waals surface area contributed by atoms with Crippen molar-refractivity contribution in [3.8, 4) is 0 Å². The summed E-state index contributed by atoms with van der Waals surface area (Å²) in [6.45, 7) is 0. The molecule has 152 valence electrons. The number of carbonyl (C=O) groups is 2. The van der Waals surface area contributed by atoms with Crippen molar-refractivity contribution in [2.45, 2.75) is 5.33 Å². The van der Waals surface area contributed by atoms with Crippen LogP contribution in [-0.4, -0.2) is 26.2 Å². The third-order valence-corrected chi connectivity index (χ3v) is 5.33. The molecular formula is C25H21BrO4. The van der Waals surface area contributed by atoms with Crippen LogP contribution in [0.1, 0.15) is 43.0 Å². The van der Waals surface area contributed by atoms with E-state index in [4.69, 9.17) is 9.47 Å². The minimum atomic E-state index is -0.368. The number of ether oxygens (including phenoxy) is 2. The summed E-state index contributed by atoms with van der Waals surface area (Å²) in [5, 5.41) is 0.787. The summed E-state index contributed by atoms with van der Waals surface area (Å²) < 4.78 is 9.55. The van der Waals surface area contributed by atoms with Gasteiger partial charge < -0.3 is 9.47 Å². The van der Waals surface area contributed by atoms with Crippen molar-refractivity contribution < 1.29 is 19.1 Å². The maximum atomic E-state index is 11.8. The van der Waals surface area contributed by atoms with E-state index in [1.54, 1.807) is 24.3 Å². The fourth-order valence-electron chi connectivity index (χ4n) is 3.01. The van der Waals surface area contributed by atoms with Crippen LogP contribution in [0, 0.1) is 0 Å². The molecule has 0 aliphatic heterocycles. The third-order valence-electron chi connectivity index (χ3n) is 4.68. The number of carbonyl (C=O) groups excluding carboxylic acids is 2. The highest BCUT2D eigenvalue weighted by Gasteiger charge is 2.10. The first kappa shape index (κ1) is 21.5. The first-order valence-electron chi connectivity index (χ1n) is 9.30. The van der Waals surface area contributed by atoms with Gasteiger partial charge in [-0.05, 0) is 58.2 Å². The molecule has 0 bridgehead atoms. The van der Waals surface area contributed by atoms with Crippen LogP contribution < -0.4 is 0 Å². The van der Waals surface area contributed by atoms with Crippen molar-refractivity contribution in [2.24, 2.45) is 0 Å². The lowest BCUT2D eigenvalue weighted by Crippen LogP contribution is -2.01. The Morgan fingerprint density at radius 2 is 1.10 bits per heavy atom. The zero-order chi connectivity index (χ0) is 21.5. The number of methoxy groups -OCH3 is 2. The summed E-state index contributed by atoms with van der Waals surface area (Å²) in [6.07, 6.45) is 2.05. The fourth-order valence-corrected chi connectivity index (χ4v) is 3.38. The van der Waals surface area contributed by atoms with Crippen molar-refractivity contribution in [2.75, 3.05) is 14.2 Å². The number of benzene rings is 3. The highest BCUT2D eigenvalue weighted by molar-refractivity contribution is 9.08. The Hall–Kier alpha value is -3.18. The van der Waals surface area contributed by atoms with E-state index in [-0.39, 0.29) is 11.9 Å². The molecule has 0 heterocycles.